The second kappa shape index (κ2) is 8.68. The molecule has 1 fully saturated rings. The first kappa shape index (κ1) is 18.2. The van der Waals surface area contributed by atoms with Crippen LogP contribution in [0.3, 0.4) is 0 Å². The summed E-state index contributed by atoms with van der Waals surface area (Å²) in [5.41, 5.74) is 0.975. The quantitative estimate of drug-likeness (QED) is 0.664. The van der Waals surface area contributed by atoms with Gasteiger partial charge in [-0.15, -0.1) is 11.3 Å². The van der Waals surface area contributed by atoms with Crippen LogP contribution in [0, 0.1) is 0 Å². The minimum absolute atomic E-state index is 0.286. The number of thiocarbonyl (C=S) groups is 1. The zero-order valence-corrected chi connectivity index (χ0v) is 16.5. The average molecular weight is 375 g/mol. The first-order chi connectivity index (χ1) is 12.2. The lowest BCUT2D eigenvalue weighted by molar-refractivity contribution is 0.205. The van der Waals surface area contributed by atoms with Crippen LogP contribution in [0.2, 0.25) is 0 Å². The van der Waals surface area contributed by atoms with E-state index in [2.05, 4.69) is 34.7 Å². The molecule has 0 unspecified atom stereocenters. The predicted molar refractivity (Wildman–Crippen MR) is 111 cm³/mol. The average Bonchev–Trinajstić information content (AvgIpc) is 3.17. The summed E-state index contributed by atoms with van der Waals surface area (Å²) in [7, 11) is 1.69. The highest BCUT2D eigenvalue weighted by Gasteiger charge is 2.28. The van der Waals surface area contributed by atoms with Crippen LogP contribution < -0.4 is 10.1 Å². The molecule has 1 atom stereocenters. The minimum Gasteiger partial charge on any atom is -0.497 e. The Morgan fingerprint density at radius 1 is 1.24 bits per heavy atom. The molecule has 3 nitrogen and oxygen atoms in total. The minimum atomic E-state index is 0.286. The van der Waals surface area contributed by atoms with E-state index >= 15 is 0 Å². The number of hydrogen-bond acceptors (Lipinski definition) is 3. The molecule has 2 aromatic rings. The maximum absolute atomic E-state index is 5.85. The van der Waals surface area contributed by atoms with E-state index in [1.165, 1.54) is 37.0 Å². The van der Waals surface area contributed by atoms with Crippen molar-refractivity contribution in [1.29, 1.82) is 0 Å². The van der Waals surface area contributed by atoms with Gasteiger partial charge in [-0.05, 0) is 55.6 Å². The molecule has 1 heterocycles. The molecule has 5 heteroatoms. The second-order valence-electron chi connectivity index (χ2n) is 6.55. The van der Waals surface area contributed by atoms with E-state index in [0.29, 0.717) is 6.04 Å². The van der Waals surface area contributed by atoms with Gasteiger partial charge in [0.25, 0.3) is 0 Å². The second-order valence-corrected chi connectivity index (χ2v) is 7.92. The highest BCUT2D eigenvalue weighted by molar-refractivity contribution is 7.80. The summed E-state index contributed by atoms with van der Waals surface area (Å²) in [6.45, 7) is 2.26. The smallest absolute Gasteiger partial charge is 0.174 e. The normalized spacial score (nSPS) is 16.2. The Balaban J connectivity index is 1.80. The van der Waals surface area contributed by atoms with Gasteiger partial charge in [0.1, 0.15) is 5.75 Å². The van der Waals surface area contributed by atoms with E-state index < -0.39 is 0 Å². The van der Waals surface area contributed by atoms with Gasteiger partial charge in [0.05, 0.1) is 13.2 Å². The molecule has 3 rings (SSSR count). The molecule has 0 bridgehead atoms. The Morgan fingerprint density at radius 3 is 2.72 bits per heavy atom. The standard InChI is InChI=1S/C20H26N2OS2/c1-15(19-12-7-13-25-19)22(17-9-4-3-5-10-17)20(24)21-16-8-6-11-18(14-16)23-2/h6-8,11-15,17H,3-5,9-10H2,1-2H3,(H,21,24)/t15-/m0/s1. The zero-order valence-electron chi connectivity index (χ0n) is 14.9. The van der Waals surface area contributed by atoms with Crippen molar-refractivity contribution in [3.05, 3.63) is 46.7 Å². The highest BCUT2D eigenvalue weighted by atomic mass is 32.1. The summed E-state index contributed by atoms with van der Waals surface area (Å²) in [5, 5.41) is 6.39. The monoisotopic (exact) mass is 374 g/mol. The maximum atomic E-state index is 5.85. The Morgan fingerprint density at radius 2 is 2.04 bits per heavy atom. The first-order valence-corrected chi connectivity index (χ1v) is 10.2. The van der Waals surface area contributed by atoms with Gasteiger partial charge in [-0.2, -0.15) is 0 Å². The van der Waals surface area contributed by atoms with Gasteiger partial charge < -0.3 is 15.0 Å². The van der Waals surface area contributed by atoms with Crippen molar-refractivity contribution in [2.45, 2.75) is 51.1 Å². The van der Waals surface area contributed by atoms with E-state index in [0.717, 1.165) is 16.5 Å². The molecular formula is C20H26N2OS2. The molecule has 0 radical (unpaired) electrons. The van der Waals surface area contributed by atoms with Crippen LogP contribution in [0.25, 0.3) is 0 Å². The molecule has 1 aliphatic rings. The van der Waals surface area contributed by atoms with E-state index in [4.69, 9.17) is 17.0 Å². The molecule has 25 heavy (non-hydrogen) atoms. The Labute approximate surface area is 160 Å². The summed E-state index contributed by atoms with van der Waals surface area (Å²) < 4.78 is 5.32. The van der Waals surface area contributed by atoms with Gasteiger partial charge in [-0.25, -0.2) is 0 Å². The van der Waals surface area contributed by atoms with Gasteiger partial charge >= 0.3 is 0 Å². The number of rotatable bonds is 5. The highest BCUT2D eigenvalue weighted by Crippen LogP contribution is 2.33. The topological polar surface area (TPSA) is 24.5 Å². The summed E-state index contributed by atoms with van der Waals surface area (Å²) >= 11 is 7.65. The van der Waals surface area contributed by atoms with Crippen LogP contribution in [0.4, 0.5) is 5.69 Å². The molecule has 1 aromatic heterocycles. The van der Waals surface area contributed by atoms with E-state index in [1.54, 1.807) is 18.4 Å². The van der Waals surface area contributed by atoms with Crippen molar-refractivity contribution >= 4 is 34.4 Å². The van der Waals surface area contributed by atoms with Crippen LogP contribution in [-0.2, 0) is 0 Å². The van der Waals surface area contributed by atoms with Gasteiger partial charge in [-0.1, -0.05) is 31.4 Å². The lowest BCUT2D eigenvalue weighted by atomic mass is 9.93. The fraction of sp³-hybridized carbons (Fsp3) is 0.450. The summed E-state index contributed by atoms with van der Waals surface area (Å²) in [5.74, 6) is 0.836. The number of ether oxygens (including phenoxy) is 1. The van der Waals surface area contributed by atoms with Crippen LogP contribution in [0.15, 0.2) is 41.8 Å². The fourth-order valence-corrected chi connectivity index (χ4v) is 4.78. The van der Waals surface area contributed by atoms with Gasteiger partial charge in [0, 0.05) is 22.7 Å². The lowest BCUT2D eigenvalue weighted by Crippen LogP contribution is -2.45. The fourth-order valence-electron chi connectivity index (χ4n) is 3.57. The molecule has 1 saturated carbocycles. The van der Waals surface area contributed by atoms with Crippen LogP contribution in [0.1, 0.15) is 49.9 Å². The summed E-state index contributed by atoms with van der Waals surface area (Å²) in [6.07, 6.45) is 6.36. The molecule has 134 valence electrons. The third-order valence-electron chi connectivity index (χ3n) is 4.90. The van der Waals surface area contributed by atoms with Crippen molar-refractivity contribution < 1.29 is 4.74 Å². The van der Waals surface area contributed by atoms with Crippen molar-refractivity contribution in [3.8, 4) is 5.75 Å². The Bertz CT molecular complexity index is 681. The molecule has 0 spiro atoms. The van der Waals surface area contributed by atoms with Crippen molar-refractivity contribution in [3.63, 3.8) is 0 Å². The molecule has 1 N–H and O–H groups in total. The van der Waals surface area contributed by atoms with Crippen LogP contribution in [0.5, 0.6) is 5.75 Å². The van der Waals surface area contributed by atoms with E-state index in [-0.39, 0.29) is 6.04 Å². The van der Waals surface area contributed by atoms with Gasteiger partial charge in [0.15, 0.2) is 5.11 Å². The summed E-state index contributed by atoms with van der Waals surface area (Å²) in [4.78, 5) is 3.78. The van der Waals surface area contributed by atoms with E-state index in [1.807, 2.05) is 24.3 Å². The zero-order chi connectivity index (χ0) is 17.6. The molecule has 1 aliphatic carbocycles. The number of anilines is 1. The molecule has 0 saturated heterocycles. The number of methoxy groups -OCH3 is 1. The number of nitrogens with zero attached hydrogens (tertiary/aromatic N) is 1. The largest absolute Gasteiger partial charge is 0.497 e. The Hall–Kier alpha value is -1.59. The molecule has 0 amide bonds. The number of benzene rings is 1. The number of nitrogens with one attached hydrogen (secondary N) is 1. The third kappa shape index (κ3) is 4.53. The SMILES string of the molecule is COc1cccc(NC(=S)N(C2CCCCC2)[C@@H](C)c2cccs2)c1. The maximum Gasteiger partial charge on any atom is 0.174 e. The molecular weight excluding hydrogens is 348 g/mol. The van der Waals surface area contributed by atoms with Crippen LogP contribution >= 0.6 is 23.6 Å². The van der Waals surface area contributed by atoms with Crippen LogP contribution in [-0.4, -0.2) is 23.2 Å². The molecule has 0 aliphatic heterocycles. The predicted octanol–water partition coefficient (Wildman–Crippen LogP) is 5.85. The number of hydrogen-bond donors (Lipinski definition) is 1. The van der Waals surface area contributed by atoms with E-state index in [9.17, 15) is 0 Å². The van der Waals surface area contributed by atoms with Crippen molar-refractivity contribution in [2.75, 3.05) is 12.4 Å². The third-order valence-corrected chi connectivity index (χ3v) is 6.25. The lowest BCUT2D eigenvalue weighted by Gasteiger charge is -2.40. The number of thiophene rings is 1. The summed E-state index contributed by atoms with van der Waals surface area (Å²) in [6, 6.07) is 13.1. The first-order valence-electron chi connectivity index (χ1n) is 8.96. The van der Waals surface area contributed by atoms with Crippen molar-refractivity contribution in [2.24, 2.45) is 0 Å². The van der Waals surface area contributed by atoms with Crippen molar-refractivity contribution in [1.82, 2.24) is 4.90 Å². The van der Waals surface area contributed by atoms with Gasteiger partial charge in [-0.3, -0.25) is 0 Å². The Kier molecular flexibility index (Phi) is 6.32. The molecule has 1 aromatic carbocycles. The van der Waals surface area contributed by atoms with Gasteiger partial charge in [0.2, 0.25) is 0 Å².